The number of nitrogens with zero attached hydrogens (tertiary/aromatic N) is 3. The molecule has 5 nitrogen and oxygen atoms in total. The third kappa shape index (κ3) is 2.67. The molecule has 7 heteroatoms. The largest absolute Gasteiger partial charge is 0.477 e. The van der Waals surface area contributed by atoms with Crippen LogP contribution in [0.25, 0.3) is 0 Å². The summed E-state index contributed by atoms with van der Waals surface area (Å²) in [6.45, 7) is 1.66. The quantitative estimate of drug-likeness (QED) is 0.927. The number of hydrogen-bond donors (Lipinski definition) is 1. The molecule has 0 amide bonds. The summed E-state index contributed by atoms with van der Waals surface area (Å²) in [5.41, 5.74) is 0.830. The Morgan fingerprint density at radius 1 is 1.61 bits per heavy atom. The van der Waals surface area contributed by atoms with Gasteiger partial charge in [-0.3, -0.25) is 0 Å². The van der Waals surface area contributed by atoms with Gasteiger partial charge >= 0.3 is 5.97 Å². The third-order valence-electron chi connectivity index (χ3n) is 2.02. The van der Waals surface area contributed by atoms with Crippen LogP contribution in [0.2, 0.25) is 0 Å². The van der Waals surface area contributed by atoms with Crippen molar-refractivity contribution in [3.8, 4) is 6.07 Å². The number of aryl methyl sites for hydroxylation is 1. The highest BCUT2D eigenvalue weighted by Gasteiger charge is 2.14. The Labute approximate surface area is 111 Å². The summed E-state index contributed by atoms with van der Waals surface area (Å²) in [6, 6.07) is 5.35. The second kappa shape index (κ2) is 5.16. The summed E-state index contributed by atoms with van der Waals surface area (Å²) in [5.74, 6) is -0.968. The standard InChI is InChI=1S/C11H7N3O2S2/c1-6-9(10(15)16)18-11(14-6)17-8-2-3-13-7(4-8)5-12/h2-4H,1H3,(H,15,16). The Kier molecular flexibility index (Phi) is 3.60. The van der Waals surface area contributed by atoms with E-state index in [1.165, 1.54) is 11.8 Å². The number of nitriles is 1. The molecule has 0 radical (unpaired) electrons. The monoisotopic (exact) mass is 277 g/mol. The number of pyridine rings is 1. The van der Waals surface area contributed by atoms with Crippen molar-refractivity contribution in [2.45, 2.75) is 16.2 Å². The van der Waals surface area contributed by atoms with Crippen LogP contribution in [0.15, 0.2) is 27.6 Å². The van der Waals surface area contributed by atoms with Crippen LogP contribution in [0.5, 0.6) is 0 Å². The maximum atomic E-state index is 10.9. The molecule has 0 unspecified atom stereocenters. The maximum absolute atomic E-state index is 10.9. The normalized spacial score (nSPS) is 10.0. The van der Waals surface area contributed by atoms with E-state index in [2.05, 4.69) is 9.97 Å². The van der Waals surface area contributed by atoms with Crippen LogP contribution in [0.4, 0.5) is 0 Å². The van der Waals surface area contributed by atoms with Gasteiger partial charge in [-0.05, 0) is 19.1 Å². The van der Waals surface area contributed by atoms with Crippen molar-refractivity contribution >= 4 is 29.1 Å². The average Bonchev–Trinajstić information content (AvgIpc) is 2.70. The van der Waals surface area contributed by atoms with E-state index >= 15 is 0 Å². The molecule has 2 aromatic rings. The number of hydrogen-bond acceptors (Lipinski definition) is 6. The number of thiazole rings is 1. The Bertz CT molecular complexity index is 646. The fourth-order valence-corrected chi connectivity index (χ4v) is 3.28. The Balaban J connectivity index is 2.26. The highest BCUT2D eigenvalue weighted by Crippen LogP contribution is 2.32. The fraction of sp³-hybridized carbons (Fsp3) is 0.0909. The lowest BCUT2D eigenvalue weighted by atomic mass is 10.4. The van der Waals surface area contributed by atoms with Crippen LogP contribution < -0.4 is 0 Å². The molecule has 2 rings (SSSR count). The SMILES string of the molecule is Cc1nc(Sc2ccnc(C#N)c2)sc1C(=O)O. The maximum Gasteiger partial charge on any atom is 0.347 e. The molecule has 0 aromatic carbocycles. The van der Waals surface area contributed by atoms with E-state index in [1.54, 1.807) is 25.3 Å². The molecule has 0 aliphatic carbocycles. The zero-order valence-electron chi connectivity index (χ0n) is 9.25. The lowest BCUT2D eigenvalue weighted by Crippen LogP contribution is -1.94. The molecule has 1 N–H and O–H groups in total. The third-order valence-corrected chi connectivity index (χ3v) is 4.22. The summed E-state index contributed by atoms with van der Waals surface area (Å²) >= 11 is 2.45. The van der Waals surface area contributed by atoms with Gasteiger partial charge in [-0.1, -0.05) is 11.8 Å². The van der Waals surface area contributed by atoms with E-state index in [9.17, 15) is 4.79 Å². The van der Waals surface area contributed by atoms with Crippen molar-refractivity contribution in [3.05, 3.63) is 34.6 Å². The minimum atomic E-state index is -0.968. The topological polar surface area (TPSA) is 86.9 Å². The molecule has 2 aromatic heterocycles. The Morgan fingerprint density at radius 3 is 3.00 bits per heavy atom. The van der Waals surface area contributed by atoms with Crippen LogP contribution in [0.1, 0.15) is 21.1 Å². The van der Waals surface area contributed by atoms with Gasteiger partial charge in [-0.2, -0.15) is 5.26 Å². The van der Waals surface area contributed by atoms with E-state index in [1.807, 2.05) is 6.07 Å². The summed E-state index contributed by atoms with van der Waals surface area (Å²) in [4.78, 5) is 20.0. The van der Waals surface area contributed by atoms with E-state index in [4.69, 9.17) is 10.4 Å². The van der Waals surface area contributed by atoms with Gasteiger partial charge in [0.2, 0.25) is 0 Å². The lowest BCUT2D eigenvalue weighted by Gasteiger charge is -1.96. The number of carboxylic acids is 1. The number of aromatic carboxylic acids is 1. The smallest absolute Gasteiger partial charge is 0.347 e. The zero-order chi connectivity index (χ0) is 13.1. The predicted molar refractivity (Wildman–Crippen MR) is 66.9 cm³/mol. The van der Waals surface area contributed by atoms with Crippen molar-refractivity contribution in [1.29, 1.82) is 5.26 Å². The number of aromatic nitrogens is 2. The van der Waals surface area contributed by atoms with Crippen molar-refractivity contribution in [1.82, 2.24) is 9.97 Å². The summed E-state index contributed by atoms with van der Waals surface area (Å²) in [6.07, 6.45) is 1.54. The van der Waals surface area contributed by atoms with Crippen molar-refractivity contribution < 1.29 is 9.90 Å². The molecule has 2 heterocycles. The van der Waals surface area contributed by atoms with Crippen molar-refractivity contribution in [2.75, 3.05) is 0 Å². The molecule has 0 bridgehead atoms. The first-order valence-electron chi connectivity index (χ1n) is 4.85. The van der Waals surface area contributed by atoms with Gasteiger partial charge in [0.1, 0.15) is 16.6 Å². The fourth-order valence-electron chi connectivity index (χ4n) is 1.25. The minimum absolute atomic E-state index is 0.243. The van der Waals surface area contributed by atoms with Gasteiger partial charge in [0.15, 0.2) is 4.34 Å². The number of carboxylic acid groups (broad SMARTS) is 1. The molecule has 18 heavy (non-hydrogen) atoms. The first-order chi connectivity index (χ1) is 8.60. The highest BCUT2D eigenvalue weighted by atomic mass is 32.2. The molecular formula is C11H7N3O2S2. The summed E-state index contributed by atoms with van der Waals surface area (Å²) < 4.78 is 0.639. The minimum Gasteiger partial charge on any atom is -0.477 e. The molecule has 0 fully saturated rings. The predicted octanol–water partition coefficient (Wildman–Crippen LogP) is 2.57. The summed E-state index contributed by atoms with van der Waals surface area (Å²) in [7, 11) is 0. The van der Waals surface area contributed by atoms with Gasteiger partial charge in [-0.25, -0.2) is 14.8 Å². The summed E-state index contributed by atoms with van der Waals surface area (Å²) in [5, 5.41) is 17.7. The van der Waals surface area contributed by atoms with Crippen LogP contribution >= 0.6 is 23.1 Å². The van der Waals surface area contributed by atoms with Gasteiger partial charge < -0.3 is 5.11 Å². The molecule has 90 valence electrons. The first kappa shape index (κ1) is 12.5. The molecular weight excluding hydrogens is 270 g/mol. The second-order valence-electron chi connectivity index (χ2n) is 3.29. The molecule has 0 spiro atoms. The van der Waals surface area contributed by atoms with E-state index in [0.717, 1.165) is 16.2 Å². The van der Waals surface area contributed by atoms with Crippen LogP contribution in [0, 0.1) is 18.3 Å². The average molecular weight is 277 g/mol. The number of carbonyl (C=O) groups is 1. The van der Waals surface area contributed by atoms with Gasteiger partial charge in [0.05, 0.1) is 5.69 Å². The Morgan fingerprint density at radius 2 is 2.39 bits per heavy atom. The molecule has 0 aliphatic heterocycles. The van der Waals surface area contributed by atoms with E-state index in [0.29, 0.717) is 15.7 Å². The van der Waals surface area contributed by atoms with Crippen LogP contribution in [-0.2, 0) is 0 Å². The number of rotatable bonds is 3. The Hall–Kier alpha value is -1.91. The molecule has 0 aliphatic rings. The van der Waals surface area contributed by atoms with Crippen molar-refractivity contribution in [3.63, 3.8) is 0 Å². The van der Waals surface area contributed by atoms with Gasteiger partial charge in [0, 0.05) is 11.1 Å². The molecule has 0 saturated carbocycles. The van der Waals surface area contributed by atoms with E-state index in [-0.39, 0.29) is 4.88 Å². The van der Waals surface area contributed by atoms with Crippen LogP contribution in [0.3, 0.4) is 0 Å². The van der Waals surface area contributed by atoms with E-state index < -0.39 is 5.97 Å². The highest BCUT2D eigenvalue weighted by molar-refractivity contribution is 8.01. The molecule has 0 saturated heterocycles. The van der Waals surface area contributed by atoms with Crippen molar-refractivity contribution in [2.24, 2.45) is 0 Å². The lowest BCUT2D eigenvalue weighted by molar-refractivity contribution is 0.0701. The second-order valence-corrected chi connectivity index (χ2v) is 5.61. The van der Waals surface area contributed by atoms with Gasteiger partial charge in [-0.15, -0.1) is 11.3 Å². The first-order valence-corrected chi connectivity index (χ1v) is 6.48. The van der Waals surface area contributed by atoms with Crippen LogP contribution in [-0.4, -0.2) is 21.0 Å². The van der Waals surface area contributed by atoms with Gasteiger partial charge in [0.25, 0.3) is 0 Å². The molecule has 0 atom stereocenters. The zero-order valence-corrected chi connectivity index (χ0v) is 10.9.